The van der Waals surface area contributed by atoms with Crippen LogP contribution in [0.4, 0.5) is 0 Å². The Bertz CT molecular complexity index is 326. The van der Waals surface area contributed by atoms with Gasteiger partial charge in [-0.15, -0.1) is 0 Å². The Balaban J connectivity index is 0.00000289. The van der Waals surface area contributed by atoms with Gasteiger partial charge in [-0.05, 0) is 0 Å². The number of aliphatic hydroxyl groups is 4. The summed E-state index contributed by atoms with van der Waals surface area (Å²) in [4.78, 5) is 19.8. The molecule has 8 nitrogen and oxygen atoms in total. The number of carbonyl (C=O) groups excluding carboxylic acids is 1. The van der Waals surface area contributed by atoms with Crippen LogP contribution in [-0.2, 0) is 41.7 Å². The molecule has 0 aromatic carbocycles. The summed E-state index contributed by atoms with van der Waals surface area (Å²) in [5.74, 6) is -2.80. The van der Waals surface area contributed by atoms with E-state index in [1.165, 1.54) is 0 Å². The van der Waals surface area contributed by atoms with Crippen LogP contribution in [0.5, 0.6) is 0 Å². The van der Waals surface area contributed by atoms with Crippen LogP contribution >= 0.6 is 0 Å². The van der Waals surface area contributed by atoms with E-state index in [1.807, 2.05) is 0 Å². The van der Waals surface area contributed by atoms with Crippen LogP contribution in [-0.4, -0.2) is 77.3 Å². The van der Waals surface area contributed by atoms with Gasteiger partial charge in [0, 0.05) is 22.4 Å². The van der Waals surface area contributed by atoms with Gasteiger partial charge in [0.2, 0.25) is 0 Å². The average molecular weight is 512 g/mol. The largest absolute Gasteiger partial charge is 0 e. The first-order chi connectivity index (χ1) is 7.85. The van der Waals surface area contributed by atoms with Crippen LogP contribution < -0.4 is 0 Å². The zero-order valence-electron chi connectivity index (χ0n) is 9.07. The Labute approximate surface area is 126 Å². The molecule has 0 unspecified atom stereocenters. The van der Waals surface area contributed by atoms with Crippen molar-refractivity contribution >= 4 is 26.1 Å². The molecule has 10 heteroatoms. The molecular weight excluding hydrogens is 500 g/mol. The normalized spacial score (nSPS) is 27.1. The average Bonchev–Trinajstić information content (AvgIpc) is 2.30. The minimum absolute atomic E-state index is 0. The van der Waals surface area contributed by atoms with E-state index in [-0.39, 0.29) is 27.0 Å². The van der Waals surface area contributed by atoms with E-state index in [0.29, 0.717) is 0 Å². The van der Waals surface area contributed by atoms with Gasteiger partial charge in [0.1, 0.15) is 0 Å². The number of esters is 1. The van der Waals surface area contributed by atoms with Crippen molar-refractivity contribution in [3.8, 4) is 0 Å². The second kappa shape index (κ2) is 7.11. The molecule has 109 valence electrons. The zero-order valence-corrected chi connectivity index (χ0v) is 13.0. The van der Waals surface area contributed by atoms with Gasteiger partial charge in [-0.3, -0.25) is 0 Å². The van der Waals surface area contributed by atoms with E-state index >= 15 is 0 Å². The second-order valence-corrected chi connectivity index (χ2v) is 4.18. The third-order valence-electron chi connectivity index (χ3n) is 2.12. The maximum Gasteiger partial charge on any atom is 0 e. The number of aliphatic hydroxyl groups excluding tert-OH is 4. The van der Waals surface area contributed by atoms with Gasteiger partial charge in [-0.2, -0.15) is 0 Å². The van der Waals surface area contributed by atoms with E-state index in [9.17, 15) is 20.1 Å². The topological polar surface area (TPSA) is 126 Å². The Morgan fingerprint density at radius 3 is 2.33 bits per heavy atom. The van der Waals surface area contributed by atoms with Crippen LogP contribution in [0.15, 0.2) is 0 Å². The van der Waals surface area contributed by atoms with E-state index in [1.54, 1.807) is 0 Å². The van der Waals surface area contributed by atoms with Crippen LogP contribution in [0.25, 0.3) is 0 Å². The molecular formula is C8H12AuO8Se. The summed E-state index contributed by atoms with van der Waals surface area (Å²) in [5.41, 5.74) is 0. The minimum Gasteiger partial charge on any atom is 0 e. The summed E-state index contributed by atoms with van der Waals surface area (Å²) in [6.45, 7) is 0.288. The van der Waals surface area contributed by atoms with E-state index in [2.05, 4.69) is 25.4 Å². The second-order valence-electron chi connectivity index (χ2n) is 3.40. The van der Waals surface area contributed by atoms with Crippen molar-refractivity contribution in [3.63, 3.8) is 0 Å². The van der Waals surface area contributed by atoms with Crippen molar-refractivity contribution in [1.29, 1.82) is 0 Å². The van der Waals surface area contributed by atoms with Crippen LogP contribution in [0.2, 0.25) is 0 Å². The van der Waals surface area contributed by atoms with Crippen molar-refractivity contribution < 1.29 is 62.1 Å². The smallest absolute Gasteiger partial charge is 0 e. The maximum absolute atomic E-state index is 10.9. The van der Waals surface area contributed by atoms with Crippen molar-refractivity contribution in [2.75, 3.05) is 6.61 Å². The molecule has 1 fully saturated rings. The van der Waals surface area contributed by atoms with Gasteiger partial charge in [-0.1, -0.05) is 0 Å². The van der Waals surface area contributed by atoms with Gasteiger partial charge in [0.15, 0.2) is 0 Å². The van der Waals surface area contributed by atoms with E-state index in [0.717, 1.165) is 6.92 Å². The first-order valence-electron chi connectivity index (χ1n) is 4.60. The van der Waals surface area contributed by atoms with E-state index < -0.39 is 36.7 Å². The van der Waals surface area contributed by atoms with Crippen LogP contribution in [0.3, 0.4) is 0 Å². The molecule has 0 bridgehead atoms. The monoisotopic (exact) mass is 513 g/mol. The van der Waals surface area contributed by atoms with Crippen molar-refractivity contribution in [1.82, 2.24) is 0 Å². The molecule has 4 atom stereocenters. The molecule has 0 amide bonds. The third-order valence-corrected chi connectivity index (χ3v) is 2.85. The molecule has 0 aromatic rings. The molecule has 1 radical (unpaired) electrons. The molecule has 1 rings (SSSR count). The molecule has 4 N–H and O–H groups in total. The zero-order chi connectivity index (χ0) is 13.2. The van der Waals surface area contributed by atoms with Crippen molar-refractivity contribution in [2.24, 2.45) is 0 Å². The van der Waals surface area contributed by atoms with E-state index in [4.69, 9.17) is 9.84 Å². The van der Waals surface area contributed by atoms with Gasteiger partial charge < -0.3 is 0 Å². The molecule has 0 saturated carbocycles. The van der Waals surface area contributed by atoms with Gasteiger partial charge in [-0.25, -0.2) is 0 Å². The Morgan fingerprint density at radius 1 is 1.50 bits per heavy atom. The number of rotatable bonds is 5. The van der Waals surface area contributed by atoms with Crippen LogP contribution in [0, 0.1) is 0 Å². The quantitative estimate of drug-likeness (QED) is 0.171. The summed E-state index contributed by atoms with van der Waals surface area (Å²) >= 11 is 2.34. The molecule has 0 aromatic heterocycles. The molecule has 0 spiro atoms. The maximum atomic E-state index is 10.9. The predicted molar refractivity (Wildman–Crippen MR) is 52.5 cm³/mol. The predicted octanol–water partition coefficient (Wildman–Crippen LogP) is -3.42. The van der Waals surface area contributed by atoms with Crippen molar-refractivity contribution in [2.45, 2.75) is 31.0 Å². The fraction of sp³-hybridized carbons (Fsp3) is 0.750. The fourth-order valence-electron chi connectivity index (χ4n) is 1.20. The SMILES string of the molecule is CC(=O)O[C@@]1([C@@H](O)[C@H](O)[C@H](O)CO)OOC1=[Se].[Au]. The number of hydrogen-bond acceptors (Lipinski definition) is 8. The number of ether oxygens (including phenoxy) is 1. The Morgan fingerprint density at radius 2 is 2.06 bits per heavy atom. The molecule has 18 heavy (non-hydrogen) atoms. The van der Waals surface area contributed by atoms with Gasteiger partial charge in [0.25, 0.3) is 0 Å². The van der Waals surface area contributed by atoms with Gasteiger partial charge >= 0.3 is 104 Å². The Kier molecular flexibility index (Phi) is 7.19. The Hall–Kier alpha value is 0.200. The summed E-state index contributed by atoms with van der Waals surface area (Å²) < 4.78 is 4.60. The third kappa shape index (κ3) is 3.40. The van der Waals surface area contributed by atoms with Gasteiger partial charge in [0.05, 0.1) is 0 Å². The summed E-state index contributed by atoms with van der Waals surface area (Å²) in [6, 6.07) is 0. The minimum atomic E-state index is -2.01. The number of hydrogen-bond donors (Lipinski definition) is 4. The summed E-state index contributed by atoms with van der Waals surface area (Å²) in [6.07, 6.45) is -5.22. The molecule has 0 aliphatic carbocycles. The molecule has 1 aliphatic rings. The van der Waals surface area contributed by atoms with Crippen molar-refractivity contribution in [3.05, 3.63) is 0 Å². The standard InChI is InChI=1S/C8H12O8Se.Au/c1-3(10)14-8(7(17)15-16-8)6(13)5(12)4(11)2-9;/h4-6,9,11-13H,2H2,1H3;/t4-,5-,6+,8+;/m1./s1. The molecule has 1 aliphatic heterocycles. The molecule has 1 saturated heterocycles. The molecule has 1 heterocycles. The van der Waals surface area contributed by atoms with Crippen LogP contribution in [0.1, 0.15) is 6.92 Å². The first-order valence-corrected chi connectivity index (χ1v) is 5.45. The fourth-order valence-corrected chi connectivity index (χ4v) is 1.69. The first kappa shape index (κ1) is 18.2. The summed E-state index contributed by atoms with van der Waals surface area (Å²) in [7, 11) is 0. The summed E-state index contributed by atoms with van der Waals surface area (Å²) in [5, 5.41) is 37.1. The number of carbonyl (C=O) groups is 1.